The first-order valence-electron chi connectivity index (χ1n) is 5.40. The van der Waals surface area contributed by atoms with Crippen LogP contribution in [0.15, 0.2) is 23.2 Å². The van der Waals surface area contributed by atoms with E-state index in [1.54, 1.807) is 0 Å². The Hall–Kier alpha value is -2.09. The number of halogens is 1. The maximum absolute atomic E-state index is 13.4. The van der Waals surface area contributed by atoms with Gasteiger partial charge in [0.1, 0.15) is 11.6 Å². The van der Waals surface area contributed by atoms with E-state index in [9.17, 15) is 12.8 Å². The van der Waals surface area contributed by atoms with Gasteiger partial charge in [-0.3, -0.25) is 9.82 Å². The van der Waals surface area contributed by atoms with Crippen molar-refractivity contribution in [2.75, 3.05) is 10.5 Å². The minimum absolute atomic E-state index is 0.0269. The Morgan fingerprint density at radius 3 is 2.68 bits per heavy atom. The predicted octanol–water partition coefficient (Wildman–Crippen LogP) is 1.55. The van der Waals surface area contributed by atoms with Crippen LogP contribution in [0.25, 0.3) is 0 Å². The minimum Gasteiger partial charge on any atom is -0.396 e. The monoisotopic (exact) mass is 284 g/mol. The first-order valence-corrected chi connectivity index (χ1v) is 6.88. The lowest BCUT2D eigenvalue weighted by atomic mass is 10.1. The molecule has 102 valence electrons. The predicted molar refractivity (Wildman–Crippen MR) is 69.7 cm³/mol. The minimum atomic E-state index is -3.85. The number of nitrogens with zero attached hydrogens (tertiary/aromatic N) is 1. The van der Waals surface area contributed by atoms with Crippen LogP contribution in [0.5, 0.6) is 0 Å². The number of nitrogen functional groups attached to an aromatic ring is 1. The van der Waals surface area contributed by atoms with Crippen molar-refractivity contribution in [1.82, 2.24) is 10.2 Å². The van der Waals surface area contributed by atoms with Crippen LogP contribution < -0.4 is 10.5 Å². The number of sulfonamides is 1. The summed E-state index contributed by atoms with van der Waals surface area (Å²) in [6, 6.07) is 2.57. The van der Waals surface area contributed by atoms with Crippen molar-refractivity contribution in [2.45, 2.75) is 18.7 Å². The largest absolute Gasteiger partial charge is 0.396 e. The number of hydrogen-bond donors (Lipinski definition) is 3. The number of rotatable bonds is 3. The van der Waals surface area contributed by atoms with Crippen LogP contribution in [0.1, 0.15) is 11.1 Å². The Bertz CT molecular complexity index is 711. The summed E-state index contributed by atoms with van der Waals surface area (Å²) in [5.41, 5.74) is 5.84. The van der Waals surface area contributed by atoms with E-state index in [0.717, 1.165) is 6.07 Å². The summed E-state index contributed by atoms with van der Waals surface area (Å²) in [5.74, 6) is -0.405. The Kier molecular flexibility index (Phi) is 3.19. The molecule has 6 nitrogen and oxygen atoms in total. The fourth-order valence-electron chi connectivity index (χ4n) is 1.85. The van der Waals surface area contributed by atoms with Gasteiger partial charge in [0.25, 0.3) is 10.0 Å². The molecule has 0 atom stereocenters. The smallest absolute Gasteiger partial charge is 0.263 e. The van der Waals surface area contributed by atoms with E-state index in [1.807, 2.05) is 0 Å². The zero-order chi connectivity index (χ0) is 14.2. The molecule has 0 fully saturated rings. The van der Waals surface area contributed by atoms with Gasteiger partial charge in [-0.15, -0.1) is 0 Å². The SMILES string of the molecule is Cc1cc(F)c(N)c(C)c1S(=O)(=O)Nc1ccn[nH]1. The first-order chi connectivity index (χ1) is 8.83. The van der Waals surface area contributed by atoms with E-state index in [4.69, 9.17) is 5.73 Å². The standard InChI is InChI=1S/C11H13FN4O2S/c1-6-5-8(12)10(13)7(2)11(6)19(17,18)16-9-3-4-14-15-9/h3-5H,13H2,1-2H3,(H2,14,15,16). The topological polar surface area (TPSA) is 101 Å². The van der Waals surface area contributed by atoms with Gasteiger partial charge in [0.2, 0.25) is 0 Å². The van der Waals surface area contributed by atoms with Gasteiger partial charge in [-0.1, -0.05) is 0 Å². The molecule has 0 aliphatic heterocycles. The van der Waals surface area contributed by atoms with Crippen LogP contribution in [-0.4, -0.2) is 18.6 Å². The van der Waals surface area contributed by atoms with Gasteiger partial charge in [-0.25, -0.2) is 12.8 Å². The second kappa shape index (κ2) is 4.54. The molecule has 0 radical (unpaired) electrons. The van der Waals surface area contributed by atoms with E-state index >= 15 is 0 Å². The highest BCUT2D eigenvalue weighted by Gasteiger charge is 2.23. The van der Waals surface area contributed by atoms with Crippen molar-refractivity contribution in [2.24, 2.45) is 0 Å². The van der Waals surface area contributed by atoms with Crippen molar-refractivity contribution < 1.29 is 12.8 Å². The summed E-state index contributed by atoms with van der Waals surface area (Å²) >= 11 is 0. The number of H-pyrrole nitrogens is 1. The van der Waals surface area contributed by atoms with E-state index in [0.29, 0.717) is 0 Å². The molecule has 8 heteroatoms. The molecule has 2 rings (SSSR count). The molecule has 1 aromatic carbocycles. The Morgan fingerprint density at radius 1 is 1.42 bits per heavy atom. The van der Waals surface area contributed by atoms with Crippen molar-refractivity contribution in [3.05, 3.63) is 35.3 Å². The van der Waals surface area contributed by atoms with Crippen LogP contribution in [0.3, 0.4) is 0 Å². The highest BCUT2D eigenvalue weighted by molar-refractivity contribution is 7.92. The fraction of sp³-hybridized carbons (Fsp3) is 0.182. The quantitative estimate of drug-likeness (QED) is 0.744. The average Bonchev–Trinajstić information content (AvgIpc) is 2.77. The highest BCUT2D eigenvalue weighted by Crippen LogP contribution is 2.28. The van der Waals surface area contributed by atoms with Gasteiger partial charge in [0.15, 0.2) is 0 Å². The normalized spacial score (nSPS) is 11.5. The molecule has 0 aliphatic rings. The van der Waals surface area contributed by atoms with E-state index in [1.165, 1.54) is 26.1 Å². The van der Waals surface area contributed by atoms with Crippen LogP contribution >= 0.6 is 0 Å². The van der Waals surface area contributed by atoms with Gasteiger partial charge in [-0.05, 0) is 31.0 Å². The Labute approximate surface area is 109 Å². The van der Waals surface area contributed by atoms with E-state index < -0.39 is 15.8 Å². The number of nitrogens with one attached hydrogen (secondary N) is 2. The van der Waals surface area contributed by atoms with Gasteiger partial charge >= 0.3 is 0 Å². The molecule has 1 aromatic heterocycles. The molecule has 0 spiro atoms. The van der Waals surface area contributed by atoms with Crippen LogP contribution in [0.2, 0.25) is 0 Å². The summed E-state index contributed by atoms with van der Waals surface area (Å²) in [6.45, 7) is 2.98. The fourth-order valence-corrected chi connectivity index (χ4v) is 3.35. The third-order valence-electron chi connectivity index (χ3n) is 2.72. The lowest BCUT2D eigenvalue weighted by Gasteiger charge is -2.14. The maximum atomic E-state index is 13.4. The number of nitrogens with two attached hydrogens (primary N) is 1. The third-order valence-corrected chi connectivity index (χ3v) is 4.37. The number of aromatic amines is 1. The second-order valence-electron chi connectivity index (χ2n) is 4.12. The van der Waals surface area contributed by atoms with Crippen molar-refractivity contribution in [3.8, 4) is 0 Å². The van der Waals surface area contributed by atoms with Crippen molar-refractivity contribution in [1.29, 1.82) is 0 Å². The highest BCUT2D eigenvalue weighted by atomic mass is 32.2. The molecular weight excluding hydrogens is 271 g/mol. The van der Waals surface area contributed by atoms with Gasteiger partial charge in [0.05, 0.1) is 16.8 Å². The molecule has 0 bridgehead atoms. The van der Waals surface area contributed by atoms with Gasteiger partial charge < -0.3 is 5.73 Å². The molecule has 0 aliphatic carbocycles. The molecule has 2 aromatic rings. The van der Waals surface area contributed by atoms with Crippen molar-refractivity contribution >= 4 is 21.5 Å². The lowest BCUT2D eigenvalue weighted by molar-refractivity contribution is 0.598. The van der Waals surface area contributed by atoms with Crippen LogP contribution in [0.4, 0.5) is 15.9 Å². The second-order valence-corrected chi connectivity index (χ2v) is 5.74. The van der Waals surface area contributed by atoms with E-state index in [-0.39, 0.29) is 27.5 Å². The number of aromatic nitrogens is 2. The van der Waals surface area contributed by atoms with Crippen LogP contribution in [-0.2, 0) is 10.0 Å². The summed E-state index contributed by atoms with van der Waals surface area (Å²) < 4.78 is 40.3. The number of aryl methyl sites for hydroxylation is 1. The summed E-state index contributed by atoms with van der Waals surface area (Å²) in [6.07, 6.45) is 1.41. The molecule has 0 amide bonds. The molecule has 4 N–H and O–H groups in total. The number of anilines is 2. The zero-order valence-electron chi connectivity index (χ0n) is 10.4. The van der Waals surface area contributed by atoms with Crippen LogP contribution in [0, 0.1) is 19.7 Å². The summed E-state index contributed by atoms with van der Waals surface area (Å²) in [7, 11) is -3.85. The Balaban J connectivity index is 2.55. The molecule has 0 saturated heterocycles. The average molecular weight is 284 g/mol. The number of hydrogen-bond acceptors (Lipinski definition) is 4. The Morgan fingerprint density at radius 2 is 2.11 bits per heavy atom. The molecule has 0 saturated carbocycles. The number of benzene rings is 1. The summed E-state index contributed by atoms with van der Waals surface area (Å²) in [5, 5.41) is 6.12. The lowest BCUT2D eigenvalue weighted by Crippen LogP contribution is -2.17. The molecule has 0 unspecified atom stereocenters. The summed E-state index contributed by atoms with van der Waals surface area (Å²) in [4.78, 5) is -0.0269. The van der Waals surface area contributed by atoms with Crippen molar-refractivity contribution in [3.63, 3.8) is 0 Å². The third kappa shape index (κ3) is 2.39. The van der Waals surface area contributed by atoms with Gasteiger partial charge in [0, 0.05) is 6.07 Å². The molecular formula is C11H13FN4O2S. The zero-order valence-corrected chi connectivity index (χ0v) is 11.2. The van der Waals surface area contributed by atoms with E-state index in [2.05, 4.69) is 14.9 Å². The molecule has 19 heavy (non-hydrogen) atoms. The maximum Gasteiger partial charge on any atom is 0.263 e. The molecule has 1 heterocycles. The first kappa shape index (κ1) is 13.3. The van der Waals surface area contributed by atoms with Gasteiger partial charge in [-0.2, -0.15) is 5.10 Å².